The van der Waals surface area contributed by atoms with E-state index in [1.165, 1.54) is 0 Å². The van der Waals surface area contributed by atoms with Crippen LogP contribution in [0.4, 0.5) is 16.2 Å². The van der Waals surface area contributed by atoms with E-state index in [9.17, 15) is 9.59 Å². The first-order chi connectivity index (χ1) is 18.7. The smallest absolute Gasteiger partial charge is 0.323 e. The van der Waals surface area contributed by atoms with Crippen LogP contribution in [0.1, 0.15) is 46.9 Å². The number of carbonyl (C=O) groups is 2. The molecule has 38 heavy (non-hydrogen) atoms. The number of hydrogen-bond donors (Lipinski definition) is 2. The number of amides is 3. The van der Waals surface area contributed by atoms with Crippen molar-refractivity contribution in [2.45, 2.75) is 25.4 Å². The monoisotopic (exact) mass is 505 g/mol. The van der Waals surface area contributed by atoms with Crippen molar-refractivity contribution in [3.05, 3.63) is 126 Å². The molecule has 2 N–H and O–H groups in total. The Hall–Kier alpha value is -4.58. The number of benzene rings is 4. The normalized spacial score (nSPS) is 13.1. The van der Waals surface area contributed by atoms with Gasteiger partial charge in [0, 0.05) is 24.5 Å². The molecule has 6 nitrogen and oxygen atoms in total. The third-order valence-electron chi connectivity index (χ3n) is 6.59. The highest BCUT2D eigenvalue weighted by atomic mass is 16.5. The number of nitrogens with one attached hydrogen (secondary N) is 2. The zero-order valence-corrected chi connectivity index (χ0v) is 21.2. The summed E-state index contributed by atoms with van der Waals surface area (Å²) in [7, 11) is 0. The zero-order chi connectivity index (χ0) is 26.2. The summed E-state index contributed by atoms with van der Waals surface area (Å²) in [6.45, 7) is 1.43. The van der Waals surface area contributed by atoms with Crippen LogP contribution >= 0.6 is 0 Å². The standard InChI is InChI=1S/C32H31N3O3/c36-31(35-21-11-4-12-22-35)28-23-27(34-32(37)33-26-17-9-3-10-18-26)19-20-29(28)38-30(24-13-5-1-6-14-24)25-15-7-2-8-16-25/h1-3,5-10,13-20,23,30H,4,11-12,21-22H2,(H2,33,34,37). The highest BCUT2D eigenvalue weighted by Crippen LogP contribution is 2.33. The molecule has 0 aliphatic carbocycles. The number of hydrogen-bond acceptors (Lipinski definition) is 3. The van der Waals surface area contributed by atoms with Crippen LogP contribution in [-0.4, -0.2) is 29.9 Å². The van der Waals surface area contributed by atoms with E-state index in [4.69, 9.17) is 4.74 Å². The predicted octanol–water partition coefficient (Wildman–Crippen LogP) is 7.13. The van der Waals surface area contributed by atoms with Gasteiger partial charge in [0.1, 0.15) is 11.9 Å². The zero-order valence-electron chi connectivity index (χ0n) is 21.2. The Labute approximate surface area is 223 Å². The highest BCUT2D eigenvalue weighted by molar-refractivity contribution is 6.02. The molecule has 0 spiro atoms. The van der Waals surface area contributed by atoms with Crippen LogP contribution in [-0.2, 0) is 0 Å². The summed E-state index contributed by atoms with van der Waals surface area (Å²) in [6.07, 6.45) is 2.69. The molecule has 1 aliphatic rings. The summed E-state index contributed by atoms with van der Waals surface area (Å²) in [5.74, 6) is 0.388. The average Bonchev–Trinajstić information content (AvgIpc) is 2.98. The number of anilines is 2. The van der Waals surface area contributed by atoms with Gasteiger partial charge >= 0.3 is 6.03 Å². The van der Waals surface area contributed by atoms with E-state index in [2.05, 4.69) is 10.6 Å². The lowest BCUT2D eigenvalue weighted by atomic mass is 10.0. The molecule has 1 aliphatic heterocycles. The minimum Gasteiger partial charge on any atom is -0.480 e. The van der Waals surface area contributed by atoms with E-state index in [0.29, 0.717) is 35.8 Å². The van der Waals surface area contributed by atoms with Crippen molar-refractivity contribution in [3.8, 4) is 5.75 Å². The summed E-state index contributed by atoms with van der Waals surface area (Å²) in [6, 6.07) is 34.0. The average molecular weight is 506 g/mol. The lowest BCUT2D eigenvalue weighted by Gasteiger charge is -2.28. The lowest BCUT2D eigenvalue weighted by molar-refractivity contribution is 0.0718. The first-order valence-electron chi connectivity index (χ1n) is 13.0. The number of urea groups is 1. The minimum absolute atomic E-state index is 0.0910. The molecule has 0 radical (unpaired) electrons. The van der Waals surface area contributed by atoms with Crippen molar-refractivity contribution in [3.63, 3.8) is 0 Å². The summed E-state index contributed by atoms with van der Waals surface area (Å²) in [4.78, 5) is 28.2. The van der Waals surface area contributed by atoms with Gasteiger partial charge in [-0.1, -0.05) is 78.9 Å². The van der Waals surface area contributed by atoms with Crippen molar-refractivity contribution >= 4 is 23.3 Å². The topological polar surface area (TPSA) is 70.7 Å². The van der Waals surface area contributed by atoms with Gasteiger partial charge in [0.15, 0.2) is 0 Å². The number of carbonyl (C=O) groups excluding carboxylic acids is 2. The Balaban J connectivity index is 1.46. The predicted molar refractivity (Wildman–Crippen MR) is 151 cm³/mol. The number of likely N-dealkylation sites (tertiary alicyclic amines) is 1. The molecule has 1 saturated heterocycles. The first-order valence-corrected chi connectivity index (χ1v) is 13.0. The Bertz CT molecular complexity index is 1320. The third-order valence-corrected chi connectivity index (χ3v) is 6.59. The van der Waals surface area contributed by atoms with Crippen LogP contribution in [0.15, 0.2) is 109 Å². The molecular weight excluding hydrogens is 474 g/mol. The summed E-state index contributed by atoms with van der Waals surface area (Å²) in [5.41, 5.74) is 3.60. The maximum absolute atomic E-state index is 13.7. The molecule has 5 rings (SSSR count). The molecule has 0 unspecified atom stereocenters. The Kier molecular flexibility index (Phi) is 7.99. The summed E-state index contributed by atoms with van der Waals surface area (Å²) < 4.78 is 6.61. The Morgan fingerprint density at radius 2 is 1.21 bits per heavy atom. The van der Waals surface area contributed by atoms with Crippen LogP contribution in [0, 0.1) is 0 Å². The summed E-state index contributed by atoms with van der Waals surface area (Å²) >= 11 is 0. The van der Waals surface area contributed by atoms with Gasteiger partial charge in [0.25, 0.3) is 5.91 Å². The van der Waals surface area contributed by atoms with Gasteiger partial charge in [-0.05, 0) is 60.7 Å². The highest BCUT2D eigenvalue weighted by Gasteiger charge is 2.25. The molecule has 1 heterocycles. The number of piperidine rings is 1. The van der Waals surface area contributed by atoms with Crippen molar-refractivity contribution in [2.75, 3.05) is 23.7 Å². The molecule has 3 amide bonds. The van der Waals surface area contributed by atoms with Gasteiger partial charge in [-0.3, -0.25) is 4.79 Å². The number of rotatable bonds is 7. The van der Waals surface area contributed by atoms with Crippen molar-refractivity contribution in [2.24, 2.45) is 0 Å². The van der Waals surface area contributed by atoms with Crippen molar-refractivity contribution in [1.82, 2.24) is 4.90 Å². The largest absolute Gasteiger partial charge is 0.480 e. The fourth-order valence-corrected chi connectivity index (χ4v) is 4.67. The molecule has 6 heteroatoms. The van der Waals surface area contributed by atoms with Gasteiger partial charge in [-0.2, -0.15) is 0 Å². The van der Waals surface area contributed by atoms with E-state index < -0.39 is 6.10 Å². The molecule has 4 aromatic carbocycles. The fourth-order valence-electron chi connectivity index (χ4n) is 4.67. The second-order valence-corrected chi connectivity index (χ2v) is 9.33. The molecule has 4 aromatic rings. The van der Waals surface area contributed by atoms with Crippen LogP contribution in [0.5, 0.6) is 5.75 Å². The summed E-state index contributed by atoms with van der Waals surface area (Å²) in [5, 5.41) is 5.67. The molecule has 1 fully saturated rings. The second kappa shape index (κ2) is 12.1. The van der Waals surface area contributed by atoms with Crippen LogP contribution in [0.2, 0.25) is 0 Å². The lowest BCUT2D eigenvalue weighted by Crippen LogP contribution is -2.36. The quantitative estimate of drug-likeness (QED) is 0.281. The first kappa shape index (κ1) is 25.1. The fraction of sp³-hybridized carbons (Fsp3) is 0.188. The van der Waals surface area contributed by atoms with E-state index in [1.54, 1.807) is 18.2 Å². The second-order valence-electron chi connectivity index (χ2n) is 9.33. The molecule has 0 aromatic heterocycles. The Morgan fingerprint density at radius 1 is 0.658 bits per heavy atom. The molecule has 0 atom stereocenters. The number of nitrogens with zero attached hydrogens (tertiary/aromatic N) is 1. The van der Waals surface area contributed by atoms with Gasteiger partial charge in [-0.15, -0.1) is 0 Å². The maximum atomic E-state index is 13.7. The third kappa shape index (κ3) is 6.21. The van der Waals surface area contributed by atoms with Crippen molar-refractivity contribution < 1.29 is 14.3 Å². The van der Waals surface area contributed by atoms with Crippen molar-refractivity contribution in [1.29, 1.82) is 0 Å². The number of para-hydroxylation sites is 1. The van der Waals surface area contributed by atoms with E-state index >= 15 is 0 Å². The molecular formula is C32H31N3O3. The van der Waals surface area contributed by atoms with E-state index in [-0.39, 0.29) is 11.9 Å². The van der Waals surface area contributed by atoms with E-state index in [1.807, 2.05) is 95.9 Å². The van der Waals surface area contributed by atoms with Gasteiger partial charge in [0.05, 0.1) is 5.56 Å². The molecule has 0 saturated carbocycles. The van der Waals surface area contributed by atoms with Crippen LogP contribution in [0.3, 0.4) is 0 Å². The van der Waals surface area contributed by atoms with Crippen LogP contribution < -0.4 is 15.4 Å². The van der Waals surface area contributed by atoms with Gasteiger partial charge in [0.2, 0.25) is 0 Å². The molecule has 192 valence electrons. The Morgan fingerprint density at radius 3 is 1.82 bits per heavy atom. The molecule has 0 bridgehead atoms. The van der Waals surface area contributed by atoms with Gasteiger partial charge < -0.3 is 20.3 Å². The maximum Gasteiger partial charge on any atom is 0.323 e. The van der Waals surface area contributed by atoms with Gasteiger partial charge in [-0.25, -0.2) is 4.79 Å². The van der Waals surface area contributed by atoms with Crippen LogP contribution in [0.25, 0.3) is 0 Å². The van der Waals surface area contributed by atoms with E-state index in [0.717, 1.165) is 30.4 Å². The SMILES string of the molecule is O=C(Nc1ccccc1)Nc1ccc(OC(c2ccccc2)c2ccccc2)c(C(=O)N2CCCCC2)c1. The minimum atomic E-state index is -0.398. The number of ether oxygens (including phenoxy) is 1.